The SMILES string of the molecule is COC(C)c1nc(C)c(C(=O)NC2C3CCCC2CC(N)C3)s1.Cl.Cl. The summed E-state index contributed by atoms with van der Waals surface area (Å²) in [6.07, 6.45) is 5.63. The summed E-state index contributed by atoms with van der Waals surface area (Å²) >= 11 is 1.44. The first-order chi connectivity index (χ1) is 11.0. The first kappa shape index (κ1) is 22.6. The summed E-state index contributed by atoms with van der Waals surface area (Å²) in [5, 5.41) is 4.17. The summed E-state index contributed by atoms with van der Waals surface area (Å²) in [7, 11) is 1.66. The maximum Gasteiger partial charge on any atom is 0.263 e. The van der Waals surface area contributed by atoms with Crippen molar-refractivity contribution in [1.29, 1.82) is 0 Å². The lowest BCUT2D eigenvalue weighted by Gasteiger charge is -2.45. The number of carbonyl (C=O) groups is 1. The van der Waals surface area contributed by atoms with Gasteiger partial charge in [0.25, 0.3) is 5.91 Å². The summed E-state index contributed by atoms with van der Waals surface area (Å²) in [6, 6.07) is 0.582. The summed E-state index contributed by atoms with van der Waals surface area (Å²) in [4.78, 5) is 18.0. The van der Waals surface area contributed by atoms with Crippen LogP contribution in [-0.2, 0) is 4.74 Å². The Bertz CT molecular complexity index is 570. The van der Waals surface area contributed by atoms with E-state index in [4.69, 9.17) is 10.5 Å². The Morgan fingerprint density at radius 3 is 2.48 bits per heavy atom. The van der Waals surface area contributed by atoms with Gasteiger partial charge in [0.2, 0.25) is 0 Å². The maximum absolute atomic E-state index is 12.8. The fourth-order valence-corrected chi connectivity index (χ4v) is 5.14. The first-order valence-corrected chi connectivity index (χ1v) is 9.37. The molecule has 2 saturated carbocycles. The van der Waals surface area contributed by atoms with Crippen molar-refractivity contribution in [2.45, 2.75) is 64.1 Å². The zero-order valence-electron chi connectivity index (χ0n) is 15.0. The van der Waals surface area contributed by atoms with Crippen molar-refractivity contribution < 1.29 is 9.53 Å². The summed E-state index contributed by atoms with van der Waals surface area (Å²) in [5.74, 6) is 1.09. The van der Waals surface area contributed by atoms with Crippen molar-refractivity contribution in [2.24, 2.45) is 17.6 Å². The Hall–Kier alpha value is -0.400. The van der Waals surface area contributed by atoms with Gasteiger partial charge in [-0.05, 0) is 51.4 Å². The summed E-state index contributed by atoms with van der Waals surface area (Å²) in [6.45, 7) is 3.85. The van der Waals surface area contributed by atoms with Crippen molar-refractivity contribution in [3.8, 4) is 0 Å². The van der Waals surface area contributed by atoms with Crippen LogP contribution in [0.5, 0.6) is 0 Å². The lowest BCUT2D eigenvalue weighted by molar-refractivity contribution is 0.0759. The van der Waals surface area contributed by atoms with Crippen molar-refractivity contribution >= 4 is 42.1 Å². The van der Waals surface area contributed by atoms with Gasteiger partial charge < -0.3 is 15.8 Å². The summed E-state index contributed by atoms with van der Waals surface area (Å²) in [5.41, 5.74) is 6.97. The third-order valence-electron chi connectivity index (χ3n) is 5.40. The van der Waals surface area contributed by atoms with Crippen molar-refractivity contribution in [2.75, 3.05) is 7.11 Å². The normalized spacial score (nSPS) is 29.1. The fourth-order valence-electron chi connectivity index (χ4n) is 4.14. The fraction of sp³-hybridized carbons (Fsp3) is 0.765. The zero-order chi connectivity index (χ0) is 16.6. The van der Waals surface area contributed by atoms with Crippen LogP contribution in [0.3, 0.4) is 0 Å². The molecule has 2 aliphatic rings. The molecule has 3 N–H and O–H groups in total. The second-order valence-electron chi connectivity index (χ2n) is 7.03. The number of halogens is 2. The molecule has 5 nitrogen and oxygen atoms in total. The van der Waals surface area contributed by atoms with E-state index >= 15 is 0 Å². The molecule has 0 saturated heterocycles. The minimum atomic E-state index is -0.0766. The Balaban J connectivity index is 0.00000156. The number of fused-ring (bicyclic) bond motifs is 2. The van der Waals surface area contributed by atoms with E-state index in [2.05, 4.69) is 10.3 Å². The van der Waals surface area contributed by atoms with Gasteiger partial charge in [-0.1, -0.05) is 6.42 Å². The monoisotopic (exact) mass is 409 g/mol. The van der Waals surface area contributed by atoms with Crippen molar-refractivity contribution in [3.05, 3.63) is 15.6 Å². The van der Waals surface area contributed by atoms with Crippen molar-refractivity contribution in [3.63, 3.8) is 0 Å². The van der Waals surface area contributed by atoms with Crippen LogP contribution in [0, 0.1) is 18.8 Å². The van der Waals surface area contributed by atoms with E-state index < -0.39 is 0 Å². The van der Waals surface area contributed by atoms with Gasteiger partial charge in [0.15, 0.2) is 0 Å². The van der Waals surface area contributed by atoms with E-state index in [-0.39, 0.29) is 42.9 Å². The number of hydrogen-bond donors (Lipinski definition) is 2. The molecular formula is C17H29Cl2N3O2S. The molecule has 1 aromatic heterocycles. The highest BCUT2D eigenvalue weighted by molar-refractivity contribution is 7.13. The smallest absolute Gasteiger partial charge is 0.263 e. The van der Waals surface area contributed by atoms with Gasteiger partial charge in [-0.3, -0.25) is 4.79 Å². The van der Waals surface area contributed by atoms with Crippen LogP contribution in [0.15, 0.2) is 0 Å². The lowest BCUT2D eigenvalue weighted by atomic mass is 9.67. The van der Waals surface area contributed by atoms with Crippen molar-refractivity contribution in [1.82, 2.24) is 10.3 Å². The molecule has 0 radical (unpaired) electrons. The molecule has 2 bridgehead atoms. The minimum absolute atomic E-state index is 0. The second kappa shape index (κ2) is 9.51. The third kappa shape index (κ3) is 4.86. The number of nitrogens with zero attached hydrogens (tertiary/aromatic N) is 1. The molecule has 3 atom stereocenters. The number of methoxy groups -OCH3 is 1. The van der Waals surface area contributed by atoms with Gasteiger partial charge >= 0.3 is 0 Å². The molecule has 1 heterocycles. The molecule has 0 spiro atoms. The third-order valence-corrected chi connectivity index (χ3v) is 6.71. The number of carbonyl (C=O) groups excluding carboxylic acids is 1. The van der Waals surface area contributed by atoms with E-state index in [0.717, 1.165) is 28.4 Å². The molecule has 3 unspecified atom stereocenters. The molecule has 0 aromatic carbocycles. The molecule has 8 heteroatoms. The highest BCUT2D eigenvalue weighted by Crippen LogP contribution is 2.40. The van der Waals surface area contributed by atoms with Gasteiger partial charge in [0.05, 0.1) is 5.69 Å². The highest BCUT2D eigenvalue weighted by Gasteiger charge is 2.40. The largest absolute Gasteiger partial charge is 0.375 e. The highest BCUT2D eigenvalue weighted by atomic mass is 35.5. The molecule has 2 fully saturated rings. The summed E-state index contributed by atoms with van der Waals surface area (Å²) < 4.78 is 5.31. The Kier molecular flexibility index (Phi) is 8.61. The number of hydrogen-bond acceptors (Lipinski definition) is 5. The number of nitrogens with one attached hydrogen (secondary N) is 1. The standard InChI is InChI=1S/C17H27N3O2S.2ClH/c1-9-15(23-17(19-9)10(2)22-3)16(21)20-14-11-5-4-6-12(14)8-13(18)7-11;;/h10-14H,4-8,18H2,1-3H3,(H,20,21);2*1H. The van der Waals surface area contributed by atoms with E-state index in [1.54, 1.807) is 7.11 Å². The van der Waals surface area contributed by atoms with E-state index in [1.165, 1.54) is 30.6 Å². The number of aromatic nitrogens is 1. The van der Waals surface area contributed by atoms with Crippen LogP contribution in [0.2, 0.25) is 0 Å². The molecule has 2 aliphatic carbocycles. The van der Waals surface area contributed by atoms with Gasteiger partial charge in [-0.15, -0.1) is 36.2 Å². The molecular weight excluding hydrogens is 381 g/mol. The number of amides is 1. The van der Waals surface area contributed by atoms with Crippen LogP contribution in [-0.4, -0.2) is 30.1 Å². The molecule has 1 amide bonds. The van der Waals surface area contributed by atoms with Crippen LogP contribution in [0.4, 0.5) is 0 Å². The van der Waals surface area contributed by atoms with Gasteiger partial charge in [-0.2, -0.15) is 0 Å². The average molecular weight is 410 g/mol. The second-order valence-corrected chi connectivity index (χ2v) is 8.06. The van der Waals surface area contributed by atoms with Crippen LogP contribution >= 0.6 is 36.2 Å². The van der Waals surface area contributed by atoms with Crippen LogP contribution < -0.4 is 11.1 Å². The van der Waals surface area contributed by atoms with Crippen LogP contribution in [0.1, 0.15) is 65.5 Å². The average Bonchev–Trinajstić information content (AvgIpc) is 2.89. The molecule has 1 aromatic rings. The Labute approximate surface area is 166 Å². The molecule has 25 heavy (non-hydrogen) atoms. The first-order valence-electron chi connectivity index (χ1n) is 8.56. The number of thiazole rings is 1. The molecule has 3 rings (SSSR count). The molecule has 144 valence electrons. The quantitative estimate of drug-likeness (QED) is 0.795. The Morgan fingerprint density at radius 2 is 1.92 bits per heavy atom. The predicted octanol–water partition coefficient (Wildman–Crippen LogP) is 3.64. The number of ether oxygens (including phenoxy) is 1. The maximum atomic E-state index is 12.8. The topological polar surface area (TPSA) is 77.2 Å². The number of aryl methyl sites for hydroxylation is 1. The van der Waals surface area contributed by atoms with Gasteiger partial charge in [0.1, 0.15) is 16.0 Å². The number of nitrogens with two attached hydrogens (primary N) is 1. The van der Waals surface area contributed by atoms with E-state index in [1.807, 2.05) is 13.8 Å². The van der Waals surface area contributed by atoms with E-state index in [9.17, 15) is 4.79 Å². The number of rotatable bonds is 4. The molecule has 0 aliphatic heterocycles. The zero-order valence-corrected chi connectivity index (χ0v) is 17.4. The lowest BCUT2D eigenvalue weighted by Crippen LogP contribution is -2.53. The van der Waals surface area contributed by atoms with Gasteiger partial charge in [0, 0.05) is 19.2 Å². The van der Waals surface area contributed by atoms with E-state index in [0.29, 0.717) is 17.9 Å². The predicted molar refractivity (Wildman–Crippen MR) is 106 cm³/mol. The minimum Gasteiger partial charge on any atom is -0.375 e. The van der Waals surface area contributed by atoms with Crippen LogP contribution in [0.25, 0.3) is 0 Å². The Morgan fingerprint density at radius 1 is 1.32 bits per heavy atom. The van der Waals surface area contributed by atoms with Gasteiger partial charge in [-0.25, -0.2) is 4.98 Å².